The number of nitrogens with zero attached hydrogens (tertiary/aromatic N) is 1. The second-order valence-electron chi connectivity index (χ2n) is 5.22. The summed E-state index contributed by atoms with van der Waals surface area (Å²) < 4.78 is 10.8. The number of nitrogens with one attached hydrogen (secondary N) is 1. The molecular weight excluding hydrogens is 268 g/mol. The van der Waals surface area contributed by atoms with Crippen LogP contribution in [0.2, 0.25) is 0 Å². The third kappa shape index (κ3) is 4.63. The molecule has 1 aliphatic rings. The molecule has 21 heavy (non-hydrogen) atoms. The lowest BCUT2D eigenvalue weighted by atomic mass is 10.1. The zero-order valence-electron chi connectivity index (χ0n) is 12.8. The van der Waals surface area contributed by atoms with Crippen molar-refractivity contribution in [2.24, 2.45) is 0 Å². The van der Waals surface area contributed by atoms with Crippen molar-refractivity contribution in [3.05, 3.63) is 29.8 Å². The number of likely N-dealkylation sites (tertiary alicyclic amines) is 1. The molecule has 0 spiro atoms. The lowest BCUT2D eigenvalue weighted by Crippen LogP contribution is -2.59. The van der Waals surface area contributed by atoms with Gasteiger partial charge in [-0.1, -0.05) is 19.1 Å². The zero-order valence-corrected chi connectivity index (χ0v) is 12.8. The number of hydrogen-bond acceptors (Lipinski definition) is 3. The first-order valence-electron chi connectivity index (χ1n) is 7.50. The van der Waals surface area contributed by atoms with Crippen molar-refractivity contribution >= 4 is 6.03 Å². The standard InChI is InChI=1S/C16H24N2O3/c1-3-13-6-4-7-14(10-13)21-15-11-18(12-15)16(19)17-8-5-9-20-2/h4,6-7,10,15H,3,5,8-9,11-12H2,1-2H3,(H,17,19). The molecule has 1 heterocycles. The first kappa shape index (κ1) is 15.6. The van der Waals surface area contributed by atoms with E-state index in [-0.39, 0.29) is 12.1 Å². The molecule has 0 bridgehead atoms. The first-order chi connectivity index (χ1) is 10.2. The maximum Gasteiger partial charge on any atom is 0.317 e. The van der Waals surface area contributed by atoms with Crippen molar-refractivity contribution in [1.82, 2.24) is 10.2 Å². The van der Waals surface area contributed by atoms with Gasteiger partial charge in [0.2, 0.25) is 0 Å². The highest BCUT2D eigenvalue weighted by atomic mass is 16.5. The van der Waals surface area contributed by atoms with Gasteiger partial charge in [0.05, 0.1) is 13.1 Å². The van der Waals surface area contributed by atoms with Crippen molar-refractivity contribution < 1.29 is 14.3 Å². The van der Waals surface area contributed by atoms with Crippen LogP contribution in [0, 0.1) is 0 Å². The SMILES string of the molecule is CCc1cccc(OC2CN(C(=O)NCCCOC)C2)c1. The van der Waals surface area contributed by atoms with Gasteiger partial charge in [0.1, 0.15) is 11.9 Å². The molecule has 1 aromatic carbocycles. The van der Waals surface area contributed by atoms with E-state index in [1.165, 1.54) is 5.56 Å². The Bertz CT molecular complexity index is 459. The molecule has 0 atom stereocenters. The molecule has 0 aliphatic carbocycles. The van der Waals surface area contributed by atoms with Crippen LogP contribution in [-0.4, -0.2) is 50.4 Å². The van der Waals surface area contributed by atoms with Crippen molar-refractivity contribution in [1.29, 1.82) is 0 Å². The zero-order chi connectivity index (χ0) is 15.1. The van der Waals surface area contributed by atoms with E-state index < -0.39 is 0 Å². The van der Waals surface area contributed by atoms with Crippen molar-refractivity contribution in [3.8, 4) is 5.75 Å². The van der Waals surface area contributed by atoms with Crippen LogP contribution in [0.1, 0.15) is 18.9 Å². The Morgan fingerprint density at radius 1 is 1.43 bits per heavy atom. The van der Waals surface area contributed by atoms with Crippen molar-refractivity contribution in [2.75, 3.05) is 33.4 Å². The van der Waals surface area contributed by atoms with Crippen LogP contribution in [0.4, 0.5) is 4.79 Å². The molecule has 0 unspecified atom stereocenters. The topological polar surface area (TPSA) is 50.8 Å². The highest BCUT2D eigenvalue weighted by Crippen LogP contribution is 2.19. The molecule has 116 valence electrons. The van der Waals surface area contributed by atoms with Gasteiger partial charge in [-0.3, -0.25) is 0 Å². The number of amides is 2. The van der Waals surface area contributed by atoms with Gasteiger partial charge >= 0.3 is 6.03 Å². The number of ether oxygens (including phenoxy) is 2. The van der Waals surface area contributed by atoms with Gasteiger partial charge in [-0.2, -0.15) is 0 Å². The normalized spacial score (nSPS) is 14.7. The minimum Gasteiger partial charge on any atom is -0.487 e. The number of urea groups is 1. The summed E-state index contributed by atoms with van der Waals surface area (Å²) in [6.07, 6.45) is 1.93. The summed E-state index contributed by atoms with van der Waals surface area (Å²) in [6.45, 7) is 4.73. The van der Waals surface area contributed by atoms with Gasteiger partial charge in [0, 0.05) is 20.3 Å². The molecule has 0 saturated carbocycles. The molecule has 1 N–H and O–H groups in total. The Morgan fingerprint density at radius 2 is 2.24 bits per heavy atom. The summed E-state index contributed by atoms with van der Waals surface area (Å²) in [7, 11) is 1.66. The summed E-state index contributed by atoms with van der Waals surface area (Å²) in [6, 6.07) is 8.11. The van der Waals surface area contributed by atoms with E-state index in [0.29, 0.717) is 26.2 Å². The molecule has 1 fully saturated rings. The first-order valence-corrected chi connectivity index (χ1v) is 7.50. The van der Waals surface area contributed by atoms with E-state index in [0.717, 1.165) is 18.6 Å². The molecule has 5 heteroatoms. The lowest BCUT2D eigenvalue weighted by Gasteiger charge is -2.38. The predicted molar refractivity (Wildman–Crippen MR) is 81.7 cm³/mol. The minimum atomic E-state index is -0.0201. The Morgan fingerprint density at radius 3 is 2.95 bits per heavy atom. The number of carbonyl (C=O) groups excluding carboxylic acids is 1. The summed E-state index contributed by atoms with van der Waals surface area (Å²) >= 11 is 0. The minimum absolute atomic E-state index is 0.0201. The molecule has 2 amide bonds. The van der Waals surface area contributed by atoms with Crippen LogP contribution >= 0.6 is 0 Å². The van der Waals surface area contributed by atoms with E-state index in [2.05, 4.69) is 24.4 Å². The van der Waals surface area contributed by atoms with Crippen LogP contribution in [0.3, 0.4) is 0 Å². The molecule has 0 aromatic heterocycles. The third-order valence-corrected chi connectivity index (χ3v) is 3.55. The number of aryl methyl sites for hydroxylation is 1. The van der Waals surface area contributed by atoms with Crippen molar-refractivity contribution in [2.45, 2.75) is 25.9 Å². The molecule has 1 saturated heterocycles. The number of hydrogen-bond donors (Lipinski definition) is 1. The van der Waals surface area contributed by atoms with E-state index >= 15 is 0 Å². The molecular formula is C16H24N2O3. The van der Waals surface area contributed by atoms with Gasteiger partial charge in [-0.25, -0.2) is 4.79 Å². The average Bonchev–Trinajstić information content (AvgIpc) is 2.47. The van der Waals surface area contributed by atoms with Gasteiger partial charge < -0.3 is 19.7 Å². The van der Waals surface area contributed by atoms with Gasteiger partial charge in [-0.15, -0.1) is 0 Å². The molecule has 1 aromatic rings. The maximum absolute atomic E-state index is 11.8. The van der Waals surface area contributed by atoms with Gasteiger partial charge in [0.15, 0.2) is 0 Å². The molecule has 0 radical (unpaired) electrons. The maximum atomic E-state index is 11.8. The van der Waals surface area contributed by atoms with Crippen LogP contribution in [0.15, 0.2) is 24.3 Å². The third-order valence-electron chi connectivity index (χ3n) is 3.55. The smallest absolute Gasteiger partial charge is 0.317 e. The van der Waals surface area contributed by atoms with Gasteiger partial charge in [0.25, 0.3) is 0 Å². The predicted octanol–water partition coefficient (Wildman–Crippen LogP) is 2.06. The van der Waals surface area contributed by atoms with Crippen molar-refractivity contribution in [3.63, 3.8) is 0 Å². The Balaban J connectivity index is 1.67. The quantitative estimate of drug-likeness (QED) is 0.783. The fraction of sp³-hybridized carbons (Fsp3) is 0.562. The second kappa shape index (κ2) is 7.88. The summed E-state index contributed by atoms with van der Waals surface area (Å²) in [5, 5.41) is 2.87. The van der Waals surface area contributed by atoms with Crippen LogP contribution in [-0.2, 0) is 11.2 Å². The van der Waals surface area contributed by atoms with Crippen LogP contribution in [0.25, 0.3) is 0 Å². The number of rotatable bonds is 7. The Hall–Kier alpha value is -1.75. The monoisotopic (exact) mass is 292 g/mol. The number of methoxy groups -OCH3 is 1. The number of carbonyl (C=O) groups is 1. The fourth-order valence-corrected chi connectivity index (χ4v) is 2.23. The van der Waals surface area contributed by atoms with E-state index in [1.54, 1.807) is 12.0 Å². The highest BCUT2D eigenvalue weighted by molar-refractivity contribution is 5.75. The summed E-state index contributed by atoms with van der Waals surface area (Å²) in [5.74, 6) is 0.888. The molecule has 1 aliphatic heterocycles. The Labute approximate surface area is 126 Å². The largest absolute Gasteiger partial charge is 0.487 e. The van der Waals surface area contributed by atoms with Gasteiger partial charge in [-0.05, 0) is 30.5 Å². The fourth-order valence-electron chi connectivity index (χ4n) is 2.23. The number of benzene rings is 1. The average molecular weight is 292 g/mol. The highest BCUT2D eigenvalue weighted by Gasteiger charge is 2.32. The van der Waals surface area contributed by atoms with E-state index in [9.17, 15) is 4.79 Å². The lowest BCUT2D eigenvalue weighted by molar-refractivity contribution is 0.0443. The van der Waals surface area contributed by atoms with E-state index in [1.807, 2.05) is 12.1 Å². The summed E-state index contributed by atoms with van der Waals surface area (Å²) in [4.78, 5) is 13.6. The molecule has 2 rings (SSSR count). The second-order valence-corrected chi connectivity index (χ2v) is 5.22. The molecule has 5 nitrogen and oxygen atoms in total. The summed E-state index contributed by atoms with van der Waals surface area (Å²) in [5.41, 5.74) is 1.26. The van der Waals surface area contributed by atoms with Crippen LogP contribution in [0.5, 0.6) is 5.75 Å². The van der Waals surface area contributed by atoms with E-state index in [4.69, 9.17) is 9.47 Å². The Kier molecular flexibility index (Phi) is 5.87. The van der Waals surface area contributed by atoms with Crippen LogP contribution < -0.4 is 10.1 Å².